The summed E-state index contributed by atoms with van der Waals surface area (Å²) in [6, 6.07) is 15.1. The van der Waals surface area contributed by atoms with E-state index in [0.717, 1.165) is 16.9 Å². The van der Waals surface area contributed by atoms with Crippen molar-refractivity contribution in [3.63, 3.8) is 0 Å². The topological polar surface area (TPSA) is 26.3 Å². The number of hydrogen-bond acceptors (Lipinski definition) is 2. The first-order valence-corrected chi connectivity index (χ1v) is 6.12. The third kappa shape index (κ3) is 3.55. The molecule has 2 aromatic rings. The Kier molecular flexibility index (Phi) is 4.14. The fourth-order valence-electron chi connectivity index (χ4n) is 1.73. The summed E-state index contributed by atoms with van der Waals surface area (Å²) >= 11 is 0. The number of aryl methyl sites for hydroxylation is 1. The molecule has 0 saturated heterocycles. The highest BCUT2D eigenvalue weighted by Gasteiger charge is 2.00. The van der Waals surface area contributed by atoms with Gasteiger partial charge in [-0.25, -0.2) is 0 Å². The van der Waals surface area contributed by atoms with Crippen molar-refractivity contribution >= 4 is 11.9 Å². The highest BCUT2D eigenvalue weighted by Crippen LogP contribution is 2.14. The van der Waals surface area contributed by atoms with Gasteiger partial charge in [-0.15, -0.1) is 0 Å². The molecule has 0 aliphatic heterocycles. The molecule has 0 radical (unpaired) electrons. The lowest BCUT2D eigenvalue weighted by Crippen LogP contribution is -1.93. The third-order valence-electron chi connectivity index (χ3n) is 2.86. The molecule has 0 atom stereocenters. The summed E-state index contributed by atoms with van der Waals surface area (Å²) in [5, 5.41) is 0. The lowest BCUT2D eigenvalue weighted by Gasteiger charge is -2.00. The molecule has 0 spiro atoms. The van der Waals surface area contributed by atoms with Crippen LogP contribution in [0, 0.1) is 6.92 Å². The average Bonchev–Trinajstić information content (AvgIpc) is 2.46. The van der Waals surface area contributed by atoms with Gasteiger partial charge in [-0.3, -0.25) is 4.79 Å². The summed E-state index contributed by atoms with van der Waals surface area (Å²) in [4.78, 5) is 12.0. The lowest BCUT2D eigenvalue weighted by molar-refractivity contribution is 0.104. The van der Waals surface area contributed by atoms with Gasteiger partial charge in [-0.1, -0.05) is 48.0 Å². The molecular formula is C17H16O2. The second-order valence-electron chi connectivity index (χ2n) is 4.34. The number of hydrogen-bond donors (Lipinski definition) is 0. The Bertz CT molecular complexity index is 595. The molecule has 0 fully saturated rings. The van der Waals surface area contributed by atoms with Crippen molar-refractivity contribution in [2.45, 2.75) is 6.92 Å². The van der Waals surface area contributed by atoms with E-state index in [1.807, 2.05) is 55.5 Å². The number of rotatable bonds is 4. The summed E-state index contributed by atoms with van der Waals surface area (Å²) in [5.74, 6) is 0.785. The lowest BCUT2D eigenvalue weighted by atomic mass is 10.1. The Hall–Kier alpha value is -2.35. The van der Waals surface area contributed by atoms with E-state index in [1.165, 1.54) is 0 Å². The van der Waals surface area contributed by atoms with Gasteiger partial charge in [-0.05, 0) is 30.7 Å². The quantitative estimate of drug-likeness (QED) is 0.609. The summed E-state index contributed by atoms with van der Waals surface area (Å²) < 4.78 is 5.14. The van der Waals surface area contributed by atoms with Crippen molar-refractivity contribution in [2.75, 3.05) is 7.11 Å². The number of ether oxygens (including phenoxy) is 1. The van der Waals surface area contributed by atoms with E-state index in [-0.39, 0.29) is 5.78 Å². The fraction of sp³-hybridized carbons (Fsp3) is 0.118. The first-order valence-electron chi connectivity index (χ1n) is 6.12. The molecule has 0 amide bonds. The maximum Gasteiger partial charge on any atom is 0.185 e. The molecule has 0 bridgehead atoms. The van der Waals surface area contributed by atoms with Crippen LogP contribution < -0.4 is 4.74 Å². The van der Waals surface area contributed by atoms with Gasteiger partial charge in [0.1, 0.15) is 5.75 Å². The van der Waals surface area contributed by atoms with Crippen LogP contribution in [0.15, 0.2) is 54.6 Å². The van der Waals surface area contributed by atoms with Gasteiger partial charge < -0.3 is 4.74 Å². The Morgan fingerprint density at radius 1 is 1.11 bits per heavy atom. The Morgan fingerprint density at radius 2 is 1.84 bits per heavy atom. The van der Waals surface area contributed by atoms with Crippen LogP contribution in [0.25, 0.3) is 6.08 Å². The second kappa shape index (κ2) is 6.01. The van der Waals surface area contributed by atoms with Crippen LogP contribution in [0.3, 0.4) is 0 Å². The van der Waals surface area contributed by atoms with Gasteiger partial charge in [0.2, 0.25) is 0 Å². The smallest absolute Gasteiger partial charge is 0.185 e. The van der Waals surface area contributed by atoms with E-state index in [0.29, 0.717) is 5.56 Å². The zero-order valence-corrected chi connectivity index (χ0v) is 11.1. The van der Waals surface area contributed by atoms with Crippen LogP contribution in [-0.4, -0.2) is 12.9 Å². The molecule has 0 unspecified atom stereocenters. The van der Waals surface area contributed by atoms with Crippen LogP contribution in [0.5, 0.6) is 5.75 Å². The molecule has 2 heteroatoms. The van der Waals surface area contributed by atoms with E-state index in [1.54, 1.807) is 19.3 Å². The number of methoxy groups -OCH3 is 1. The summed E-state index contributed by atoms with van der Waals surface area (Å²) in [7, 11) is 1.63. The minimum atomic E-state index is 0.00261. The molecule has 0 N–H and O–H groups in total. The monoisotopic (exact) mass is 252 g/mol. The molecule has 19 heavy (non-hydrogen) atoms. The third-order valence-corrected chi connectivity index (χ3v) is 2.86. The predicted octanol–water partition coefficient (Wildman–Crippen LogP) is 3.90. The van der Waals surface area contributed by atoms with Gasteiger partial charge in [-0.2, -0.15) is 0 Å². The van der Waals surface area contributed by atoms with Crippen LogP contribution >= 0.6 is 0 Å². The summed E-state index contributed by atoms with van der Waals surface area (Å²) in [6.07, 6.45) is 3.38. The summed E-state index contributed by atoms with van der Waals surface area (Å²) in [6.45, 7) is 2.00. The Labute approximate surface area is 113 Å². The highest BCUT2D eigenvalue weighted by atomic mass is 16.5. The van der Waals surface area contributed by atoms with Crippen molar-refractivity contribution in [2.24, 2.45) is 0 Å². The molecule has 0 aliphatic carbocycles. The molecule has 96 valence electrons. The minimum Gasteiger partial charge on any atom is -0.497 e. The molecule has 0 aromatic heterocycles. The number of benzene rings is 2. The summed E-state index contributed by atoms with van der Waals surface area (Å²) in [5.41, 5.74) is 2.79. The first kappa shape index (κ1) is 13.1. The SMILES string of the molecule is COc1cccc(C=CC(=O)c2ccc(C)cc2)c1. The fourth-order valence-corrected chi connectivity index (χ4v) is 1.73. The van der Waals surface area contributed by atoms with E-state index < -0.39 is 0 Å². The molecule has 0 aliphatic rings. The number of carbonyl (C=O) groups is 1. The van der Waals surface area contributed by atoms with Crippen molar-refractivity contribution in [1.29, 1.82) is 0 Å². The van der Waals surface area contributed by atoms with Crippen molar-refractivity contribution in [1.82, 2.24) is 0 Å². The largest absolute Gasteiger partial charge is 0.497 e. The van der Waals surface area contributed by atoms with Gasteiger partial charge in [0, 0.05) is 5.56 Å². The van der Waals surface area contributed by atoms with Crippen LogP contribution in [0.2, 0.25) is 0 Å². The number of ketones is 1. The van der Waals surface area contributed by atoms with E-state index in [2.05, 4.69) is 0 Å². The molecule has 0 saturated carbocycles. The minimum absolute atomic E-state index is 0.00261. The van der Waals surface area contributed by atoms with Gasteiger partial charge in [0.05, 0.1) is 7.11 Å². The van der Waals surface area contributed by atoms with E-state index >= 15 is 0 Å². The van der Waals surface area contributed by atoms with Gasteiger partial charge in [0.15, 0.2) is 5.78 Å². The standard InChI is InChI=1S/C17H16O2/c1-13-6-9-15(10-7-13)17(18)11-8-14-4-3-5-16(12-14)19-2/h3-12H,1-2H3. The van der Waals surface area contributed by atoms with Gasteiger partial charge >= 0.3 is 0 Å². The van der Waals surface area contributed by atoms with Crippen LogP contribution in [0.4, 0.5) is 0 Å². The maximum absolute atomic E-state index is 12.0. The molecule has 2 rings (SSSR count). The number of carbonyl (C=O) groups excluding carboxylic acids is 1. The average molecular weight is 252 g/mol. The van der Waals surface area contributed by atoms with Gasteiger partial charge in [0.25, 0.3) is 0 Å². The normalized spacial score (nSPS) is 10.6. The van der Waals surface area contributed by atoms with Crippen LogP contribution in [0.1, 0.15) is 21.5 Å². The van der Waals surface area contributed by atoms with Crippen molar-refractivity contribution in [3.05, 3.63) is 71.3 Å². The zero-order chi connectivity index (χ0) is 13.7. The van der Waals surface area contributed by atoms with E-state index in [4.69, 9.17) is 4.74 Å². The van der Waals surface area contributed by atoms with Crippen molar-refractivity contribution < 1.29 is 9.53 Å². The Morgan fingerprint density at radius 3 is 2.53 bits per heavy atom. The first-order chi connectivity index (χ1) is 9.19. The second-order valence-corrected chi connectivity index (χ2v) is 4.34. The molecule has 2 nitrogen and oxygen atoms in total. The molecular weight excluding hydrogens is 236 g/mol. The maximum atomic E-state index is 12.0. The van der Waals surface area contributed by atoms with Crippen molar-refractivity contribution in [3.8, 4) is 5.75 Å². The highest BCUT2D eigenvalue weighted by molar-refractivity contribution is 6.06. The van der Waals surface area contributed by atoms with Crippen LogP contribution in [-0.2, 0) is 0 Å². The molecule has 2 aromatic carbocycles. The zero-order valence-electron chi connectivity index (χ0n) is 11.1. The number of allylic oxidation sites excluding steroid dienone is 1. The Balaban J connectivity index is 2.13. The predicted molar refractivity (Wildman–Crippen MR) is 77.5 cm³/mol. The van der Waals surface area contributed by atoms with E-state index in [9.17, 15) is 4.79 Å². The molecule has 0 heterocycles.